The van der Waals surface area contributed by atoms with Gasteiger partial charge in [-0.2, -0.15) is 0 Å². The highest BCUT2D eigenvalue weighted by Gasteiger charge is 2.11. The third-order valence-electron chi connectivity index (χ3n) is 3.09. The first-order chi connectivity index (χ1) is 9.00. The van der Waals surface area contributed by atoms with Crippen molar-refractivity contribution in [3.63, 3.8) is 0 Å². The van der Waals surface area contributed by atoms with Crippen LogP contribution in [0.1, 0.15) is 26.2 Å². The van der Waals surface area contributed by atoms with Crippen LogP contribution >= 0.6 is 15.9 Å². The van der Waals surface area contributed by atoms with E-state index in [2.05, 4.69) is 32.8 Å². The number of fused-ring (bicyclic) bond motifs is 1. The quantitative estimate of drug-likeness (QED) is 0.665. The molecule has 0 amide bonds. The molecule has 1 atom stereocenters. The maximum Gasteiger partial charge on any atom is 0.330 e. The van der Waals surface area contributed by atoms with Crippen molar-refractivity contribution >= 4 is 27.1 Å². The summed E-state index contributed by atoms with van der Waals surface area (Å²) in [5.41, 5.74) is 0.130. The lowest BCUT2D eigenvalue weighted by atomic mass is 10.2. The standard InChI is InChI=1S/C12H17BrN4O2/c1-8(13)5-3-4-6-17-11(18)9-10(15-12(17)19)14-7-16(9)2/h7-8H,3-6H2,1-2H3,(H,15,19). The summed E-state index contributed by atoms with van der Waals surface area (Å²) in [6, 6.07) is 0. The van der Waals surface area contributed by atoms with Crippen LogP contribution in [0.25, 0.3) is 11.2 Å². The maximum atomic E-state index is 12.2. The molecule has 0 aliphatic rings. The Morgan fingerprint density at radius 3 is 2.84 bits per heavy atom. The molecule has 2 heterocycles. The Morgan fingerprint density at radius 2 is 2.16 bits per heavy atom. The normalized spacial score (nSPS) is 13.0. The smallest absolute Gasteiger partial charge is 0.328 e. The van der Waals surface area contributed by atoms with Gasteiger partial charge in [0.15, 0.2) is 11.2 Å². The van der Waals surface area contributed by atoms with Gasteiger partial charge in [0.05, 0.1) is 6.33 Å². The second-order valence-electron chi connectivity index (χ2n) is 4.72. The molecule has 7 heteroatoms. The molecule has 0 saturated heterocycles. The minimum atomic E-state index is -0.386. The van der Waals surface area contributed by atoms with E-state index < -0.39 is 0 Å². The van der Waals surface area contributed by atoms with Crippen LogP contribution in [-0.4, -0.2) is 23.9 Å². The van der Waals surface area contributed by atoms with Crippen LogP contribution in [0.2, 0.25) is 0 Å². The lowest BCUT2D eigenvalue weighted by Crippen LogP contribution is -2.35. The maximum absolute atomic E-state index is 12.2. The molecule has 6 nitrogen and oxygen atoms in total. The Labute approximate surface area is 118 Å². The third kappa shape index (κ3) is 2.97. The lowest BCUT2D eigenvalue weighted by molar-refractivity contribution is 0.557. The summed E-state index contributed by atoms with van der Waals surface area (Å²) in [5.74, 6) is 0. The molecule has 0 aromatic carbocycles. The lowest BCUT2D eigenvalue weighted by Gasteiger charge is -2.06. The van der Waals surface area contributed by atoms with E-state index in [4.69, 9.17) is 0 Å². The van der Waals surface area contributed by atoms with E-state index in [1.54, 1.807) is 11.6 Å². The first kappa shape index (κ1) is 14.0. The second kappa shape index (κ2) is 5.73. The van der Waals surface area contributed by atoms with Gasteiger partial charge < -0.3 is 4.57 Å². The van der Waals surface area contributed by atoms with Crippen molar-refractivity contribution in [2.24, 2.45) is 7.05 Å². The van der Waals surface area contributed by atoms with Crippen LogP contribution in [-0.2, 0) is 13.6 Å². The fraction of sp³-hybridized carbons (Fsp3) is 0.583. The van der Waals surface area contributed by atoms with Gasteiger partial charge in [0.1, 0.15) is 0 Å². The SMILES string of the molecule is CC(Br)CCCCn1c(=O)[nH]c2ncn(C)c2c1=O. The number of hydrogen-bond acceptors (Lipinski definition) is 3. The van der Waals surface area contributed by atoms with Gasteiger partial charge >= 0.3 is 5.69 Å². The molecule has 2 aromatic heterocycles. The molecule has 1 unspecified atom stereocenters. The topological polar surface area (TPSA) is 72.7 Å². The highest BCUT2D eigenvalue weighted by atomic mass is 79.9. The van der Waals surface area contributed by atoms with Crippen LogP contribution in [0, 0.1) is 0 Å². The fourth-order valence-corrected chi connectivity index (χ4v) is 2.39. The molecular formula is C12H17BrN4O2. The Kier molecular flexibility index (Phi) is 4.24. The number of H-pyrrole nitrogens is 1. The van der Waals surface area contributed by atoms with Crippen LogP contribution in [0.15, 0.2) is 15.9 Å². The van der Waals surface area contributed by atoms with Gasteiger partial charge in [0, 0.05) is 18.4 Å². The first-order valence-electron chi connectivity index (χ1n) is 6.29. The Balaban J connectivity index is 2.25. The molecule has 0 spiro atoms. The number of nitrogens with one attached hydrogen (secondary N) is 1. The second-order valence-corrected chi connectivity index (χ2v) is 6.28. The highest BCUT2D eigenvalue weighted by molar-refractivity contribution is 9.09. The Morgan fingerprint density at radius 1 is 1.42 bits per heavy atom. The van der Waals surface area contributed by atoms with Gasteiger partial charge in [-0.25, -0.2) is 9.78 Å². The average Bonchev–Trinajstić information content (AvgIpc) is 2.69. The zero-order chi connectivity index (χ0) is 14.0. The van der Waals surface area contributed by atoms with E-state index in [1.807, 2.05) is 0 Å². The van der Waals surface area contributed by atoms with Crippen LogP contribution in [0.3, 0.4) is 0 Å². The minimum absolute atomic E-state index is 0.273. The average molecular weight is 329 g/mol. The number of nitrogens with zero attached hydrogens (tertiary/aromatic N) is 3. The molecule has 0 fully saturated rings. The van der Waals surface area contributed by atoms with E-state index in [1.165, 1.54) is 10.9 Å². The third-order valence-corrected chi connectivity index (χ3v) is 3.55. The van der Waals surface area contributed by atoms with Gasteiger partial charge in [-0.3, -0.25) is 14.3 Å². The summed E-state index contributed by atoms with van der Waals surface area (Å²) in [7, 11) is 1.74. The van der Waals surface area contributed by atoms with Crippen molar-refractivity contribution in [3.05, 3.63) is 27.2 Å². The molecule has 2 rings (SSSR count). The molecule has 19 heavy (non-hydrogen) atoms. The summed E-state index contributed by atoms with van der Waals surface area (Å²) in [6.45, 7) is 2.52. The van der Waals surface area contributed by atoms with Crippen molar-refractivity contribution in [3.8, 4) is 0 Å². The van der Waals surface area contributed by atoms with Crippen molar-refractivity contribution in [1.82, 2.24) is 19.1 Å². The zero-order valence-corrected chi connectivity index (χ0v) is 12.6. The number of aromatic amines is 1. The largest absolute Gasteiger partial charge is 0.330 e. The van der Waals surface area contributed by atoms with Crippen molar-refractivity contribution in [2.45, 2.75) is 37.6 Å². The number of halogens is 1. The van der Waals surface area contributed by atoms with Gasteiger partial charge in [-0.15, -0.1) is 0 Å². The predicted molar refractivity (Wildman–Crippen MR) is 77.8 cm³/mol. The molecule has 2 aromatic rings. The molecule has 0 aliphatic carbocycles. The van der Waals surface area contributed by atoms with Gasteiger partial charge in [-0.05, 0) is 12.8 Å². The predicted octanol–water partition coefficient (Wildman–Crippen LogP) is 1.38. The van der Waals surface area contributed by atoms with E-state index in [0.717, 1.165) is 19.3 Å². The molecule has 0 aliphatic heterocycles. The Hall–Kier alpha value is -1.37. The number of rotatable bonds is 5. The molecular weight excluding hydrogens is 312 g/mol. The molecule has 0 bridgehead atoms. The number of unbranched alkanes of at least 4 members (excludes halogenated alkanes) is 1. The number of hydrogen-bond donors (Lipinski definition) is 1. The number of imidazole rings is 1. The number of alkyl halides is 1. The number of aromatic nitrogens is 4. The van der Waals surface area contributed by atoms with E-state index in [0.29, 0.717) is 22.5 Å². The molecule has 0 saturated carbocycles. The van der Waals surface area contributed by atoms with Gasteiger partial charge in [0.2, 0.25) is 0 Å². The monoisotopic (exact) mass is 328 g/mol. The van der Waals surface area contributed by atoms with Crippen LogP contribution in [0.5, 0.6) is 0 Å². The molecule has 0 radical (unpaired) electrons. The van der Waals surface area contributed by atoms with Crippen molar-refractivity contribution < 1.29 is 0 Å². The summed E-state index contributed by atoms with van der Waals surface area (Å²) < 4.78 is 2.88. The van der Waals surface area contributed by atoms with E-state index in [9.17, 15) is 9.59 Å². The summed E-state index contributed by atoms with van der Waals surface area (Å²) >= 11 is 3.48. The van der Waals surface area contributed by atoms with Crippen molar-refractivity contribution in [2.75, 3.05) is 0 Å². The van der Waals surface area contributed by atoms with Gasteiger partial charge in [-0.1, -0.05) is 29.3 Å². The number of aryl methyl sites for hydroxylation is 1. The Bertz CT molecular complexity index is 683. The molecule has 104 valence electrons. The zero-order valence-electron chi connectivity index (χ0n) is 11.0. The van der Waals surface area contributed by atoms with E-state index in [-0.39, 0.29) is 11.2 Å². The minimum Gasteiger partial charge on any atom is -0.328 e. The summed E-state index contributed by atoms with van der Waals surface area (Å²) in [5, 5.41) is 0. The first-order valence-corrected chi connectivity index (χ1v) is 7.20. The molecule has 1 N–H and O–H groups in total. The highest BCUT2D eigenvalue weighted by Crippen LogP contribution is 2.08. The van der Waals surface area contributed by atoms with Crippen molar-refractivity contribution in [1.29, 1.82) is 0 Å². The fourth-order valence-electron chi connectivity index (χ4n) is 2.06. The van der Waals surface area contributed by atoms with E-state index >= 15 is 0 Å². The summed E-state index contributed by atoms with van der Waals surface area (Å²) in [4.78, 5) is 31.2. The van der Waals surface area contributed by atoms with Crippen LogP contribution in [0.4, 0.5) is 0 Å². The summed E-state index contributed by atoms with van der Waals surface area (Å²) in [6.07, 6.45) is 4.34. The van der Waals surface area contributed by atoms with Gasteiger partial charge in [0.25, 0.3) is 5.56 Å². The van der Waals surface area contributed by atoms with Crippen LogP contribution < -0.4 is 11.2 Å².